The number of benzene rings is 3. The van der Waals surface area contributed by atoms with Gasteiger partial charge in [0.25, 0.3) is 0 Å². The molecule has 0 aromatic heterocycles. The Hall–Kier alpha value is -3.93. The van der Waals surface area contributed by atoms with Crippen LogP contribution in [0.5, 0.6) is 5.75 Å². The second kappa shape index (κ2) is 11.3. The SMILES string of the molecule is CCOC(=O)CC(=O)c1cccc2c1CN=C(CCc1ccc(OCc3ccccc3)cc1)N2. The third kappa shape index (κ3) is 6.10. The number of carbonyl (C=O) groups excluding carboxylic acids is 2. The van der Waals surface area contributed by atoms with Crippen LogP contribution in [-0.2, 0) is 29.1 Å². The number of hydrogen-bond acceptors (Lipinski definition) is 6. The molecule has 3 aromatic carbocycles. The molecule has 0 saturated heterocycles. The number of ether oxygens (including phenoxy) is 2. The van der Waals surface area contributed by atoms with Crippen molar-refractivity contribution < 1.29 is 19.1 Å². The van der Waals surface area contributed by atoms with Crippen molar-refractivity contribution in [2.45, 2.75) is 39.3 Å². The lowest BCUT2D eigenvalue weighted by Gasteiger charge is -2.21. The fraction of sp³-hybridized carbons (Fsp3) is 0.250. The van der Waals surface area contributed by atoms with Crippen LogP contribution in [0.4, 0.5) is 5.69 Å². The van der Waals surface area contributed by atoms with Crippen molar-refractivity contribution >= 4 is 23.3 Å². The Kier molecular flexibility index (Phi) is 7.71. The highest BCUT2D eigenvalue weighted by Crippen LogP contribution is 2.26. The number of carbonyl (C=O) groups is 2. The standard InChI is InChI=1S/C28H28N2O4/c1-2-33-28(32)17-26(31)23-9-6-10-25-24(23)18-29-27(30-25)16-13-20-11-14-22(15-12-20)34-19-21-7-4-3-5-8-21/h3-12,14-15H,2,13,16-19H2,1H3,(H,29,30). The van der Waals surface area contributed by atoms with Crippen LogP contribution < -0.4 is 10.1 Å². The Balaban J connectivity index is 1.31. The summed E-state index contributed by atoms with van der Waals surface area (Å²) >= 11 is 0. The van der Waals surface area contributed by atoms with E-state index in [-0.39, 0.29) is 18.8 Å². The van der Waals surface area contributed by atoms with Crippen molar-refractivity contribution in [3.05, 3.63) is 95.1 Å². The van der Waals surface area contributed by atoms with Gasteiger partial charge in [-0.3, -0.25) is 14.6 Å². The monoisotopic (exact) mass is 456 g/mol. The number of Topliss-reactive ketones (excluding diaryl/α,β-unsaturated/α-hetero) is 1. The number of hydrogen-bond donors (Lipinski definition) is 1. The van der Waals surface area contributed by atoms with Gasteiger partial charge in [0.05, 0.1) is 13.2 Å². The van der Waals surface area contributed by atoms with Gasteiger partial charge in [0, 0.05) is 23.2 Å². The summed E-state index contributed by atoms with van der Waals surface area (Å²) in [6.45, 7) is 2.94. The van der Waals surface area contributed by atoms with E-state index in [1.807, 2.05) is 54.6 Å². The van der Waals surface area contributed by atoms with Crippen LogP contribution >= 0.6 is 0 Å². The number of esters is 1. The lowest BCUT2D eigenvalue weighted by molar-refractivity contribution is -0.141. The van der Waals surface area contributed by atoms with E-state index in [2.05, 4.69) is 22.4 Å². The zero-order valence-electron chi connectivity index (χ0n) is 19.3. The Labute approximate surface area is 199 Å². The van der Waals surface area contributed by atoms with Crippen LogP contribution in [0.1, 0.15) is 46.8 Å². The molecule has 0 unspecified atom stereocenters. The predicted octanol–water partition coefficient (Wildman–Crippen LogP) is 5.36. The molecule has 6 nitrogen and oxygen atoms in total. The highest BCUT2D eigenvalue weighted by molar-refractivity contribution is 6.08. The summed E-state index contributed by atoms with van der Waals surface area (Å²) in [6.07, 6.45) is 1.33. The van der Waals surface area contributed by atoms with Crippen molar-refractivity contribution in [1.29, 1.82) is 0 Å². The largest absolute Gasteiger partial charge is 0.489 e. The minimum Gasteiger partial charge on any atom is -0.489 e. The van der Waals surface area contributed by atoms with Crippen molar-refractivity contribution in [2.75, 3.05) is 11.9 Å². The summed E-state index contributed by atoms with van der Waals surface area (Å²) in [5.74, 6) is 0.974. The average molecular weight is 457 g/mol. The molecule has 0 aliphatic carbocycles. The van der Waals surface area contributed by atoms with E-state index in [9.17, 15) is 9.59 Å². The minimum atomic E-state index is -0.505. The molecule has 0 saturated carbocycles. The molecule has 1 aliphatic rings. The maximum atomic E-state index is 12.6. The molecule has 4 rings (SSSR count). The van der Waals surface area contributed by atoms with Crippen LogP contribution in [-0.4, -0.2) is 24.2 Å². The number of anilines is 1. The van der Waals surface area contributed by atoms with Gasteiger partial charge in [-0.05, 0) is 42.7 Å². The van der Waals surface area contributed by atoms with E-state index in [0.717, 1.165) is 41.2 Å². The number of fused-ring (bicyclic) bond motifs is 1. The number of rotatable bonds is 10. The smallest absolute Gasteiger partial charge is 0.313 e. The fourth-order valence-electron chi connectivity index (χ4n) is 3.84. The van der Waals surface area contributed by atoms with Gasteiger partial charge in [0.1, 0.15) is 24.6 Å². The quantitative estimate of drug-likeness (QED) is 0.253. The highest BCUT2D eigenvalue weighted by atomic mass is 16.5. The lowest BCUT2D eigenvalue weighted by Crippen LogP contribution is -2.21. The van der Waals surface area contributed by atoms with E-state index in [0.29, 0.717) is 18.7 Å². The molecule has 1 heterocycles. The van der Waals surface area contributed by atoms with Crippen molar-refractivity contribution in [2.24, 2.45) is 4.99 Å². The van der Waals surface area contributed by atoms with Crippen LogP contribution in [0.2, 0.25) is 0 Å². The molecule has 1 N–H and O–H groups in total. The van der Waals surface area contributed by atoms with Gasteiger partial charge in [0.15, 0.2) is 5.78 Å². The van der Waals surface area contributed by atoms with E-state index < -0.39 is 5.97 Å². The van der Waals surface area contributed by atoms with E-state index in [1.165, 1.54) is 5.56 Å². The first-order valence-electron chi connectivity index (χ1n) is 11.5. The number of ketones is 1. The van der Waals surface area contributed by atoms with E-state index in [4.69, 9.17) is 9.47 Å². The fourth-order valence-corrected chi connectivity index (χ4v) is 3.84. The molecule has 0 atom stereocenters. The first-order chi connectivity index (χ1) is 16.6. The van der Waals surface area contributed by atoms with Crippen LogP contribution in [0.15, 0.2) is 77.8 Å². The summed E-state index contributed by atoms with van der Waals surface area (Å²) in [7, 11) is 0. The maximum Gasteiger partial charge on any atom is 0.313 e. The Bertz CT molecular complexity index is 1170. The molecule has 34 heavy (non-hydrogen) atoms. The van der Waals surface area contributed by atoms with Crippen molar-refractivity contribution in [3.8, 4) is 5.75 Å². The third-order valence-corrected chi connectivity index (χ3v) is 5.62. The number of nitrogens with zero attached hydrogens (tertiary/aromatic N) is 1. The maximum absolute atomic E-state index is 12.6. The first kappa shape index (κ1) is 23.2. The second-order valence-corrected chi connectivity index (χ2v) is 8.04. The summed E-state index contributed by atoms with van der Waals surface area (Å²) in [6, 6.07) is 23.7. The molecule has 0 radical (unpaired) electrons. The molecule has 3 aromatic rings. The summed E-state index contributed by atoms with van der Waals surface area (Å²) in [5.41, 5.74) is 4.54. The molecular formula is C28H28N2O4. The first-order valence-corrected chi connectivity index (χ1v) is 11.5. The van der Waals surface area contributed by atoms with Gasteiger partial charge in [-0.25, -0.2) is 0 Å². The van der Waals surface area contributed by atoms with Gasteiger partial charge in [-0.15, -0.1) is 0 Å². The van der Waals surface area contributed by atoms with Gasteiger partial charge in [-0.1, -0.05) is 54.6 Å². The lowest BCUT2D eigenvalue weighted by atomic mass is 9.98. The van der Waals surface area contributed by atoms with Crippen LogP contribution in [0.25, 0.3) is 0 Å². The number of nitrogens with one attached hydrogen (secondary N) is 1. The van der Waals surface area contributed by atoms with Crippen molar-refractivity contribution in [3.63, 3.8) is 0 Å². The molecule has 0 bridgehead atoms. The van der Waals surface area contributed by atoms with Crippen LogP contribution in [0.3, 0.4) is 0 Å². The van der Waals surface area contributed by atoms with Crippen LogP contribution in [0, 0.1) is 0 Å². The minimum absolute atomic E-state index is 0.245. The zero-order valence-corrected chi connectivity index (χ0v) is 19.3. The van der Waals surface area contributed by atoms with Crippen molar-refractivity contribution in [1.82, 2.24) is 0 Å². The summed E-state index contributed by atoms with van der Waals surface area (Å²) < 4.78 is 10.8. The topological polar surface area (TPSA) is 77.0 Å². The summed E-state index contributed by atoms with van der Waals surface area (Å²) in [4.78, 5) is 28.9. The van der Waals surface area contributed by atoms with E-state index >= 15 is 0 Å². The van der Waals surface area contributed by atoms with E-state index in [1.54, 1.807) is 13.0 Å². The van der Waals surface area contributed by atoms with Gasteiger partial charge in [0.2, 0.25) is 0 Å². The Morgan fingerprint density at radius 2 is 1.71 bits per heavy atom. The molecule has 1 aliphatic heterocycles. The third-order valence-electron chi connectivity index (χ3n) is 5.62. The number of amidine groups is 1. The summed E-state index contributed by atoms with van der Waals surface area (Å²) in [5, 5.41) is 3.35. The normalized spacial score (nSPS) is 12.2. The zero-order chi connectivity index (χ0) is 23.8. The average Bonchev–Trinajstić information content (AvgIpc) is 2.87. The molecule has 0 amide bonds. The Morgan fingerprint density at radius 1 is 0.912 bits per heavy atom. The molecule has 0 fully saturated rings. The van der Waals surface area contributed by atoms with Gasteiger partial charge in [-0.2, -0.15) is 0 Å². The predicted molar refractivity (Wildman–Crippen MR) is 132 cm³/mol. The second-order valence-electron chi connectivity index (χ2n) is 8.04. The molecule has 0 spiro atoms. The number of aliphatic imine (C=N–C) groups is 1. The molecular weight excluding hydrogens is 428 g/mol. The Morgan fingerprint density at radius 3 is 2.47 bits per heavy atom. The molecule has 174 valence electrons. The van der Waals surface area contributed by atoms with Gasteiger partial charge < -0.3 is 14.8 Å². The highest BCUT2D eigenvalue weighted by Gasteiger charge is 2.21. The molecule has 6 heteroatoms. The van der Waals surface area contributed by atoms with Gasteiger partial charge >= 0.3 is 5.97 Å². The number of aryl methyl sites for hydroxylation is 1.